The zero-order valence-electron chi connectivity index (χ0n) is 15.9. The van der Waals surface area contributed by atoms with Crippen molar-refractivity contribution in [1.82, 2.24) is 5.32 Å². The summed E-state index contributed by atoms with van der Waals surface area (Å²) in [6.45, 7) is 1.52. The Hall–Kier alpha value is -3.42. The summed E-state index contributed by atoms with van der Waals surface area (Å²) in [5, 5.41) is 23.4. The summed E-state index contributed by atoms with van der Waals surface area (Å²) in [5.74, 6) is -1.42. The highest BCUT2D eigenvalue weighted by Gasteiger charge is 2.25. The molecule has 1 saturated heterocycles. The molecule has 29 heavy (non-hydrogen) atoms. The van der Waals surface area contributed by atoms with E-state index in [0.717, 1.165) is 31.5 Å². The van der Waals surface area contributed by atoms with Crippen LogP contribution in [0.25, 0.3) is 0 Å². The van der Waals surface area contributed by atoms with Gasteiger partial charge in [0.2, 0.25) is 0 Å². The highest BCUT2D eigenvalue weighted by Crippen LogP contribution is 2.32. The number of amides is 1. The normalized spacial score (nSPS) is 14.4. The number of carbonyl (C=O) groups excluding carboxylic acids is 1. The number of anilines is 1. The Labute approximate surface area is 168 Å². The van der Waals surface area contributed by atoms with Crippen LogP contribution >= 0.6 is 0 Å². The summed E-state index contributed by atoms with van der Waals surface area (Å²) in [6, 6.07) is 13.1. The Bertz CT molecular complexity index is 894. The first kappa shape index (κ1) is 20.3. The number of aliphatic carboxylic acids is 1. The van der Waals surface area contributed by atoms with Crippen LogP contribution in [-0.2, 0) is 4.79 Å². The third-order valence-corrected chi connectivity index (χ3v) is 5.04. The van der Waals surface area contributed by atoms with Gasteiger partial charge in [-0.3, -0.25) is 19.7 Å². The topological polar surface area (TPSA) is 113 Å². The summed E-state index contributed by atoms with van der Waals surface area (Å²) in [6.07, 6.45) is 2.09. The van der Waals surface area contributed by atoms with Gasteiger partial charge in [-0.05, 0) is 37.0 Å². The van der Waals surface area contributed by atoms with Crippen LogP contribution in [0, 0.1) is 10.1 Å². The van der Waals surface area contributed by atoms with E-state index in [1.165, 1.54) is 6.07 Å². The number of hydrogen-bond donors (Lipinski definition) is 2. The van der Waals surface area contributed by atoms with Crippen molar-refractivity contribution in [3.63, 3.8) is 0 Å². The lowest BCUT2D eigenvalue weighted by Crippen LogP contribution is -2.29. The zero-order valence-corrected chi connectivity index (χ0v) is 15.9. The molecule has 1 aliphatic heterocycles. The standard InChI is InChI=1S/C21H23N3O5/c25-20(26)11-9-17(15-6-2-1-3-7-15)22-21(27)16-8-10-18(19(14-16)24(28)29)23-12-4-5-13-23/h1-3,6-8,10,14,17H,4-5,9,11-13H2,(H,22,27)(H,25,26). The number of hydrogen-bond acceptors (Lipinski definition) is 5. The minimum absolute atomic E-state index is 0.0960. The van der Waals surface area contributed by atoms with Crippen molar-refractivity contribution < 1.29 is 19.6 Å². The zero-order chi connectivity index (χ0) is 20.8. The number of nitrogens with zero attached hydrogens (tertiary/aromatic N) is 2. The molecule has 8 heteroatoms. The van der Waals surface area contributed by atoms with E-state index in [-0.39, 0.29) is 24.1 Å². The Morgan fingerprint density at radius 1 is 1.14 bits per heavy atom. The van der Waals surface area contributed by atoms with Gasteiger partial charge in [0.15, 0.2) is 0 Å². The lowest BCUT2D eigenvalue weighted by atomic mass is 10.0. The second-order valence-electron chi connectivity index (χ2n) is 7.02. The molecule has 0 bridgehead atoms. The molecule has 0 aliphatic carbocycles. The second-order valence-corrected chi connectivity index (χ2v) is 7.02. The van der Waals surface area contributed by atoms with Crippen LogP contribution in [-0.4, -0.2) is 35.0 Å². The molecule has 3 rings (SSSR count). The molecule has 0 saturated carbocycles. The summed E-state index contributed by atoms with van der Waals surface area (Å²) >= 11 is 0. The fraction of sp³-hybridized carbons (Fsp3) is 0.333. The van der Waals surface area contributed by atoms with Crippen molar-refractivity contribution >= 4 is 23.3 Å². The van der Waals surface area contributed by atoms with Gasteiger partial charge in [-0.2, -0.15) is 0 Å². The number of nitrogens with one attached hydrogen (secondary N) is 1. The molecular formula is C21H23N3O5. The van der Waals surface area contributed by atoms with Gasteiger partial charge < -0.3 is 15.3 Å². The number of carboxylic acids is 1. The largest absolute Gasteiger partial charge is 0.481 e. The Kier molecular flexibility index (Phi) is 6.43. The molecule has 1 fully saturated rings. The number of rotatable bonds is 8. The van der Waals surface area contributed by atoms with E-state index >= 15 is 0 Å². The molecule has 1 aliphatic rings. The number of nitro groups is 1. The third-order valence-electron chi connectivity index (χ3n) is 5.04. The van der Waals surface area contributed by atoms with Gasteiger partial charge in [-0.25, -0.2) is 0 Å². The van der Waals surface area contributed by atoms with Crippen LogP contribution < -0.4 is 10.2 Å². The van der Waals surface area contributed by atoms with E-state index in [4.69, 9.17) is 5.11 Å². The molecule has 0 radical (unpaired) electrons. The summed E-state index contributed by atoms with van der Waals surface area (Å²) < 4.78 is 0. The van der Waals surface area contributed by atoms with Crippen LogP contribution in [0.15, 0.2) is 48.5 Å². The van der Waals surface area contributed by atoms with E-state index < -0.39 is 22.8 Å². The van der Waals surface area contributed by atoms with Gasteiger partial charge in [-0.15, -0.1) is 0 Å². The highest BCUT2D eigenvalue weighted by atomic mass is 16.6. The predicted octanol–water partition coefficient (Wildman–Crippen LogP) is 3.53. The van der Waals surface area contributed by atoms with E-state index in [0.29, 0.717) is 5.69 Å². The number of carboxylic acid groups (broad SMARTS) is 1. The molecule has 2 aromatic rings. The van der Waals surface area contributed by atoms with E-state index in [1.807, 2.05) is 35.2 Å². The van der Waals surface area contributed by atoms with Crippen LogP contribution in [0.3, 0.4) is 0 Å². The molecule has 0 aromatic heterocycles. The number of carbonyl (C=O) groups is 2. The lowest BCUT2D eigenvalue weighted by Gasteiger charge is -2.20. The van der Waals surface area contributed by atoms with E-state index in [9.17, 15) is 19.7 Å². The molecule has 1 amide bonds. The maximum absolute atomic E-state index is 12.8. The predicted molar refractivity (Wildman–Crippen MR) is 108 cm³/mol. The Morgan fingerprint density at radius 2 is 1.83 bits per heavy atom. The van der Waals surface area contributed by atoms with Crippen molar-refractivity contribution in [2.45, 2.75) is 31.7 Å². The van der Waals surface area contributed by atoms with Gasteiger partial charge in [0.05, 0.1) is 11.0 Å². The molecule has 1 unspecified atom stereocenters. The molecule has 2 N–H and O–H groups in total. The van der Waals surface area contributed by atoms with Gasteiger partial charge in [0, 0.05) is 31.1 Å². The minimum atomic E-state index is -0.953. The van der Waals surface area contributed by atoms with Gasteiger partial charge in [0.1, 0.15) is 5.69 Å². The smallest absolute Gasteiger partial charge is 0.303 e. The first-order chi connectivity index (χ1) is 14.0. The van der Waals surface area contributed by atoms with Gasteiger partial charge >= 0.3 is 5.97 Å². The summed E-state index contributed by atoms with van der Waals surface area (Å²) in [4.78, 5) is 36.8. The number of benzene rings is 2. The molecule has 0 spiro atoms. The quantitative estimate of drug-likeness (QED) is 0.520. The van der Waals surface area contributed by atoms with Gasteiger partial charge in [-0.1, -0.05) is 30.3 Å². The molecule has 8 nitrogen and oxygen atoms in total. The van der Waals surface area contributed by atoms with Crippen molar-refractivity contribution in [2.75, 3.05) is 18.0 Å². The van der Waals surface area contributed by atoms with Gasteiger partial charge in [0.25, 0.3) is 11.6 Å². The monoisotopic (exact) mass is 397 g/mol. The third kappa shape index (κ3) is 5.10. The van der Waals surface area contributed by atoms with Crippen molar-refractivity contribution in [3.8, 4) is 0 Å². The minimum Gasteiger partial charge on any atom is -0.481 e. The lowest BCUT2D eigenvalue weighted by molar-refractivity contribution is -0.384. The molecule has 1 heterocycles. The fourth-order valence-corrected chi connectivity index (χ4v) is 3.55. The first-order valence-corrected chi connectivity index (χ1v) is 9.56. The fourth-order valence-electron chi connectivity index (χ4n) is 3.55. The summed E-state index contributed by atoms with van der Waals surface area (Å²) in [7, 11) is 0. The van der Waals surface area contributed by atoms with Crippen LogP contribution in [0.2, 0.25) is 0 Å². The van der Waals surface area contributed by atoms with E-state index in [1.54, 1.807) is 12.1 Å². The first-order valence-electron chi connectivity index (χ1n) is 9.56. The average molecular weight is 397 g/mol. The van der Waals surface area contributed by atoms with E-state index in [2.05, 4.69) is 5.32 Å². The summed E-state index contributed by atoms with van der Waals surface area (Å²) in [5.41, 5.74) is 1.39. The molecule has 2 aromatic carbocycles. The second kappa shape index (κ2) is 9.18. The van der Waals surface area contributed by atoms with Crippen molar-refractivity contribution in [2.24, 2.45) is 0 Å². The van der Waals surface area contributed by atoms with Crippen molar-refractivity contribution in [3.05, 3.63) is 69.8 Å². The maximum Gasteiger partial charge on any atom is 0.303 e. The SMILES string of the molecule is O=C(O)CCC(NC(=O)c1ccc(N2CCCC2)c([N+](=O)[O-])c1)c1ccccc1. The Morgan fingerprint density at radius 3 is 2.45 bits per heavy atom. The molecule has 1 atom stereocenters. The highest BCUT2D eigenvalue weighted by molar-refractivity contribution is 5.96. The number of nitro benzene ring substituents is 1. The van der Waals surface area contributed by atoms with Crippen molar-refractivity contribution in [1.29, 1.82) is 0 Å². The molecular weight excluding hydrogens is 374 g/mol. The average Bonchev–Trinajstić information content (AvgIpc) is 3.25. The maximum atomic E-state index is 12.8. The molecule has 152 valence electrons. The van der Waals surface area contributed by atoms with Crippen LogP contribution in [0.4, 0.5) is 11.4 Å². The Balaban J connectivity index is 1.82. The van der Waals surface area contributed by atoms with Crippen LogP contribution in [0.5, 0.6) is 0 Å². The van der Waals surface area contributed by atoms with Crippen LogP contribution in [0.1, 0.15) is 47.6 Å².